The summed E-state index contributed by atoms with van der Waals surface area (Å²) >= 11 is 1.45. The standard InChI is InChI=1S/C17H13F2N3O2S/c18-12-3-1-4-13(19)11(12)8-20-16(23)9-22-10-21-14(7-17(22)24)15-5-2-6-25-15/h1-7,10H,8-9H2,(H,20,23). The Labute approximate surface area is 145 Å². The van der Waals surface area contributed by atoms with Crippen LogP contribution in [0.5, 0.6) is 0 Å². The average molecular weight is 361 g/mol. The Kier molecular flexibility index (Phi) is 4.99. The van der Waals surface area contributed by atoms with Crippen molar-refractivity contribution in [3.8, 4) is 10.6 Å². The van der Waals surface area contributed by atoms with Gasteiger partial charge in [-0.2, -0.15) is 0 Å². The summed E-state index contributed by atoms with van der Waals surface area (Å²) in [4.78, 5) is 29.0. The maximum absolute atomic E-state index is 13.5. The van der Waals surface area contributed by atoms with Crippen LogP contribution in [0, 0.1) is 11.6 Å². The van der Waals surface area contributed by atoms with Crippen molar-refractivity contribution in [3.05, 3.63) is 75.7 Å². The van der Waals surface area contributed by atoms with Crippen LogP contribution >= 0.6 is 11.3 Å². The molecule has 1 N–H and O–H groups in total. The number of carbonyl (C=O) groups is 1. The van der Waals surface area contributed by atoms with E-state index in [1.807, 2.05) is 17.5 Å². The molecule has 1 amide bonds. The Balaban J connectivity index is 1.66. The van der Waals surface area contributed by atoms with Gasteiger partial charge in [0.05, 0.1) is 16.9 Å². The van der Waals surface area contributed by atoms with E-state index in [0.29, 0.717) is 5.69 Å². The summed E-state index contributed by atoms with van der Waals surface area (Å²) in [6, 6.07) is 8.51. The molecule has 25 heavy (non-hydrogen) atoms. The van der Waals surface area contributed by atoms with Crippen LogP contribution in [0.25, 0.3) is 10.6 Å². The molecule has 0 fully saturated rings. The molecule has 0 unspecified atom stereocenters. The largest absolute Gasteiger partial charge is 0.350 e. The number of aromatic nitrogens is 2. The molecule has 0 saturated heterocycles. The number of amides is 1. The number of halogens is 2. The van der Waals surface area contributed by atoms with E-state index >= 15 is 0 Å². The number of benzene rings is 1. The van der Waals surface area contributed by atoms with Crippen molar-refractivity contribution in [2.24, 2.45) is 0 Å². The molecule has 2 heterocycles. The van der Waals surface area contributed by atoms with Crippen molar-refractivity contribution >= 4 is 17.2 Å². The molecule has 0 radical (unpaired) electrons. The molecule has 0 spiro atoms. The minimum atomic E-state index is -0.737. The molecule has 3 aromatic rings. The van der Waals surface area contributed by atoms with Gasteiger partial charge < -0.3 is 5.32 Å². The molecule has 8 heteroatoms. The molecule has 0 aliphatic heterocycles. The molecule has 2 aromatic heterocycles. The fraction of sp³-hybridized carbons (Fsp3) is 0.118. The first-order valence-electron chi connectivity index (χ1n) is 7.34. The Morgan fingerprint density at radius 3 is 2.60 bits per heavy atom. The van der Waals surface area contributed by atoms with Crippen LogP contribution in [-0.4, -0.2) is 15.5 Å². The molecule has 0 atom stereocenters. The van der Waals surface area contributed by atoms with Crippen LogP contribution < -0.4 is 10.9 Å². The zero-order chi connectivity index (χ0) is 17.8. The summed E-state index contributed by atoms with van der Waals surface area (Å²) in [5, 5.41) is 4.27. The molecule has 0 aliphatic carbocycles. The van der Waals surface area contributed by atoms with E-state index in [1.54, 1.807) is 0 Å². The summed E-state index contributed by atoms with van der Waals surface area (Å²) in [5.74, 6) is -2.02. The Hall–Kier alpha value is -2.87. The predicted molar refractivity (Wildman–Crippen MR) is 90.0 cm³/mol. The van der Waals surface area contributed by atoms with Crippen LogP contribution in [0.4, 0.5) is 8.78 Å². The lowest BCUT2D eigenvalue weighted by molar-refractivity contribution is -0.121. The second-order valence-electron chi connectivity index (χ2n) is 5.19. The van der Waals surface area contributed by atoms with Gasteiger partial charge in [0.15, 0.2) is 0 Å². The quantitative estimate of drug-likeness (QED) is 0.760. The zero-order valence-corrected chi connectivity index (χ0v) is 13.7. The highest BCUT2D eigenvalue weighted by molar-refractivity contribution is 7.13. The number of hydrogen-bond donors (Lipinski definition) is 1. The number of thiophene rings is 1. The Morgan fingerprint density at radius 1 is 1.20 bits per heavy atom. The highest BCUT2D eigenvalue weighted by Gasteiger charge is 2.11. The number of nitrogens with zero attached hydrogens (tertiary/aromatic N) is 2. The molecule has 0 bridgehead atoms. The highest BCUT2D eigenvalue weighted by atomic mass is 32.1. The number of rotatable bonds is 5. The third kappa shape index (κ3) is 3.97. The summed E-state index contributed by atoms with van der Waals surface area (Å²) in [7, 11) is 0. The normalized spacial score (nSPS) is 10.6. The van der Waals surface area contributed by atoms with E-state index in [-0.39, 0.29) is 24.2 Å². The summed E-state index contributed by atoms with van der Waals surface area (Å²) in [6.07, 6.45) is 1.28. The number of carbonyl (C=O) groups excluding carboxylic acids is 1. The number of nitrogens with one attached hydrogen (secondary N) is 1. The lowest BCUT2D eigenvalue weighted by Gasteiger charge is -2.09. The first-order chi connectivity index (χ1) is 12.0. The summed E-state index contributed by atoms with van der Waals surface area (Å²) in [6.45, 7) is -0.584. The van der Waals surface area contributed by atoms with Crippen LogP contribution in [0.1, 0.15) is 5.56 Å². The zero-order valence-electron chi connectivity index (χ0n) is 12.9. The molecular weight excluding hydrogens is 348 g/mol. The van der Waals surface area contributed by atoms with Crippen molar-refractivity contribution in [3.63, 3.8) is 0 Å². The van der Waals surface area contributed by atoms with Crippen LogP contribution in [0.15, 0.2) is 52.9 Å². The second-order valence-corrected chi connectivity index (χ2v) is 6.14. The molecular formula is C17H13F2N3O2S. The summed E-state index contributed by atoms with van der Waals surface area (Å²) in [5.41, 5.74) is -0.0786. The van der Waals surface area contributed by atoms with E-state index in [0.717, 1.165) is 21.6 Å². The maximum Gasteiger partial charge on any atom is 0.254 e. The van der Waals surface area contributed by atoms with E-state index < -0.39 is 17.5 Å². The SMILES string of the molecule is O=C(Cn1cnc(-c2cccs2)cc1=O)NCc1c(F)cccc1F. The lowest BCUT2D eigenvalue weighted by Crippen LogP contribution is -2.32. The van der Waals surface area contributed by atoms with Gasteiger partial charge in [0, 0.05) is 18.2 Å². The molecule has 5 nitrogen and oxygen atoms in total. The van der Waals surface area contributed by atoms with E-state index in [4.69, 9.17) is 0 Å². The molecule has 0 aliphatic rings. The van der Waals surface area contributed by atoms with Gasteiger partial charge in [-0.05, 0) is 23.6 Å². The van der Waals surface area contributed by atoms with Crippen LogP contribution in [0.2, 0.25) is 0 Å². The fourth-order valence-electron chi connectivity index (χ4n) is 2.20. The molecule has 1 aromatic carbocycles. The maximum atomic E-state index is 13.5. The van der Waals surface area contributed by atoms with Gasteiger partial charge in [-0.1, -0.05) is 12.1 Å². The van der Waals surface area contributed by atoms with Crippen LogP contribution in [-0.2, 0) is 17.9 Å². The van der Waals surface area contributed by atoms with Gasteiger partial charge in [0.2, 0.25) is 5.91 Å². The van der Waals surface area contributed by atoms with Crippen LogP contribution in [0.3, 0.4) is 0 Å². The third-order valence-corrected chi connectivity index (χ3v) is 4.38. The first-order valence-corrected chi connectivity index (χ1v) is 8.22. The average Bonchev–Trinajstić information content (AvgIpc) is 3.11. The first kappa shape index (κ1) is 17.0. The van der Waals surface area contributed by atoms with Gasteiger partial charge in [-0.15, -0.1) is 11.3 Å². The smallest absolute Gasteiger partial charge is 0.254 e. The minimum absolute atomic E-state index is 0.227. The lowest BCUT2D eigenvalue weighted by atomic mass is 10.2. The van der Waals surface area contributed by atoms with Gasteiger partial charge in [0.1, 0.15) is 18.2 Å². The van der Waals surface area contributed by atoms with Gasteiger partial charge in [0.25, 0.3) is 5.56 Å². The molecule has 3 rings (SSSR count). The molecule has 0 saturated carbocycles. The Morgan fingerprint density at radius 2 is 1.96 bits per heavy atom. The van der Waals surface area contributed by atoms with Crippen molar-refractivity contribution < 1.29 is 13.6 Å². The fourth-order valence-corrected chi connectivity index (χ4v) is 2.90. The monoisotopic (exact) mass is 361 g/mol. The van der Waals surface area contributed by atoms with E-state index in [2.05, 4.69) is 10.3 Å². The summed E-state index contributed by atoms with van der Waals surface area (Å²) < 4.78 is 28.2. The highest BCUT2D eigenvalue weighted by Crippen LogP contribution is 2.20. The van der Waals surface area contributed by atoms with Crippen molar-refractivity contribution in [1.82, 2.24) is 14.9 Å². The predicted octanol–water partition coefficient (Wildman–Crippen LogP) is 2.57. The van der Waals surface area contributed by atoms with Gasteiger partial charge >= 0.3 is 0 Å². The van der Waals surface area contributed by atoms with E-state index in [1.165, 1.54) is 29.8 Å². The van der Waals surface area contributed by atoms with Crippen molar-refractivity contribution in [2.45, 2.75) is 13.1 Å². The second kappa shape index (κ2) is 7.35. The Bertz CT molecular complexity index is 935. The third-order valence-electron chi connectivity index (χ3n) is 3.49. The topological polar surface area (TPSA) is 64.0 Å². The van der Waals surface area contributed by atoms with Gasteiger partial charge in [-0.3, -0.25) is 14.2 Å². The van der Waals surface area contributed by atoms with E-state index in [9.17, 15) is 18.4 Å². The van der Waals surface area contributed by atoms with Crippen molar-refractivity contribution in [1.29, 1.82) is 0 Å². The molecule has 128 valence electrons. The van der Waals surface area contributed by atoms with Crippen molar-refractivity contribution in [2.75, 3.05) is 0 Å². The number of hydrogen-bond acceptors (Lipinski definition) is 4. The minimum Gasteiger partial charge on any atom is -0.350 e. The van der Waals surface area contributed by atoms with Gasteiger partial charge in [-0.25, -0.2) is 13.8 Å².